The van der Waals surface area contributed by atoms with E-state index in [1.807, 2.05) is 34.9 Å². The second-order valence-electron chi connectivity index (χ2n) is 6.57. The van der Waals surface area contributed by atoms with Crippen LogP contribution in [0.5, 0.6) is 0 Å². The number of nitrogens with one attached hydrogen (secondary N) is 2. The minimum Gasteiger partial charge on any atom is -0.356 e. The highest BCUT2D eigenvalue weighted by atomic mass is 15.3. The maximum absolute atomic E-state index is 4.31. The van der Waals surface area contributed by atoms with Gasteiger partial charge in [0.15, 0.2) is 11.8 Å². The van der Waals surface area contributed by atoms with Crippen LogP contribution in [-0.4, -0.2) is 34.3 Å². The lowest BCUT2D eigenvalue weighted by Crippen LogP contribution is -2.39. The van der Waals surface area contributed by atoms with Gasteiger partial charge in [0.25, 0.3) is 0 Å². The van der Waals surface area contributed by atoms with E-state index in [0.29, 0.717) is 12.5 Å². The summed E-state index contributed by atoms with van der Waals surface area (Å²) in [6, 6.07) is 18.7. The number of aliphatic imine (C=N–C) groups is 1. The Balaban J connectivity index is 1.56. The third-order valence-corrected chi connectivity index (χ3v) is 4.51. The van der Waals surface area contributed by atoms with Crippen LogP contribution in [0, 0.1) is 6.92 Å². The molecule has 1 unspecified atom stereocenters. The van der Waals surface area contributed by atoms with Crippen molar-refractivity contribution in [2.45, 2.75) is 26.3 Å². The molecule has 2 N–H and O–H groups in total. The summed E-state index contributed by atoms with van der Waals surface area (Å²) in [5.41, 5.74) is 3.63. The molecule has 0 aliphatic carbocycles. The van der Waals surface area contributed by atoms with Gasteiger partial charge in [-0.3, -0.25) is 9.56 Å². The first kappa shape index (κ1) is 18.6. The summed E-state index contributed by atoms with van der Waals surface area (Å²) < 4.78 is 1.97. The van der Waals surface area contributed by atoms with Gasteiger partial charge in [0.1, 0.15) is 6.33 Å². The molecule has 6 heteroatoms. The predicted octanol–water partition coefficient (Wildman–Crippen LogP) is 3.04. The monoisotopic (exact) mass is 362 g/mol. The van der Waals surface area contributed by atoms with E-state index in [1.165, 1.54) is 11.1 Å². The average Bonchev–Trinajstić information content (AvgIpc) is 3.18. The molecule has 6 nitrogen and oxygen atoms in total. The number of aromatic nitrogens is 3. The van der Waals surface area contributed by atoms with Crippen LogP contribution in [0.4, 0.5) is 0 Å². The molecule has 0 radical (unpaired) electrons. The number of hydrogen-bond donors (Lipinski definition) is 2. The number of nitrogens with zero attached hydrogens (tertiary/aromatic N) is 4. The topological polar surface area (TPSA) is 67.1 Å². The summed E-state index contributed by atoms with van der Waals surface area (Å²) in [6.07, 6.45) is 1.72. The summed E-state index contributed by atoms with van der Waals surface area (Å²) in [4.78, 5) is 4.31. The molecule has 0 aliphatic rings. The van der Waals surface area contributed by atoms with Gasteiger partial charge in [-0.05, 0) is 30.5 Å². The molecular formula is C21H26N6. The Morgan fingerprint density at radius 3 is 2.52 bits per heavy atom. The zero-order valence-corrected chi connectivity index (χ0v) is 16.1. The van der Waals surface area contributed by atoms with Gasteiger partial charge >= 0.3 is 0 Å². The van der Waals surface area contributed by atoms with Gasteiger partial charge in [0.05, 0.1) is 6.54 Å². The lowest BCUT2D eigenvalue weighted by atomic mass is 10.0. The lowest BCUT2D eigenvalue weighted by Gasteiger charge is -2.16. The molecule has 0 aliphatic heterocycles. The van der Waals surface area contributed by atoms with Crippen molar-refractivity contribution in [2.24, 2.45) is 4.99 Å². The van der Waals surface area contributed by atoms with Gasteiger partial charge in [-0.15, -0.1) is 10.2 Å². The Hall–Kier alpha value is -3.15. The zero-order chi connectivity index (χ0) is 19.1. The fourth-order valence-electron chi connectivity index (χ4n) is 2.83. The van der Waals surface area contributed by atoms with E-state index in [1.54, 1.807) is 13.4 Å². The molecule has 1 atom stereocenters. The largest absolute Gasteiger partial charge is 0.356 e. The van der Waals surface area contributed by atoms with Crippen LogP contribution in [-0.2, 0) is 6.54 Å². The Morgan fingerprint density at radius 1 is 1.07 bits per heavy atom. The summed E-state index contributed by atoms with van der Waals surface area (Å²) in [7, 11) is 1.77. The van der Waals surface area contributed by atoms with E-state index in [0.717, 1.165) is 24.0 Å². The van der Waals surface area contributed by atoms with Crippen LogP contribution >= 0.6 is 0 Å². The number of para-hydroxylation sites is 1. The molecule has 140 valence electrons. The predicted molar refractivity (Wildman–Crippen MR) is 109 cm³/mol. The molecule has 0 saturated carbocycles. The van der Waals surface area contributed by atoms with Crippen LogP contribution in [0.2, 0.25) is 0 Å². The van der Waals surface area contributed by atoms with Crippen molar-refractivity contribution in [1.82, 2.24) is 25.4 Å². The van der Waals surface area contributed by atoms with Crippen molar-refractivity contribution in [3.8, 4) is 5.69 Å². The Bertz CT molecular complexity index is 867. The molecular weight excluding hydrogens is 336 g/mol. The Morgan fingerprint density at radius 2 is 1.81 bits per heavy atom. The zero-order valence-electron chi connectivity index (χ0n) is 16.1. The number of benzene rings is 2. The third-order valence-electron chi connectivity index (χ3n) is 4.51. The number of rotatable bonds is 6. The molecule has 27 heavy (non-hydrogen) atoms. The summed E-state index contributed by atoms with van der Waals surface area (Å²) >= 11 is 0. The third kappa shape index (κ3) is 4.94. The van der Waals surface area contributed by atoms with Crippen molar-refractivity contribution in [3.63, 3.8) is 0 Å². The van der Waals surface area contributed by atoms with Gasteiger partial charge in [0, 0.05) is 19.3 Å². The van der Waals surface area contributed by atoms with Crippen LogP contribution in [0.1, 0.15) is 29.8 Å². The van der Waals surface area contributed by atoms with Crippen LogP contribution < -0.4 is 10.6 Å². The van der Waals surface area contributed by atoms with E-state index >= 15 is 0 Å². The molecule has 2 aromatic carbocycles. The van der Waals surface area contributed by atoms with Crippen molar-refractivity contribution >= 4 is 5.96 Å². The van der Waals surface area contributed by atoms with Gasteiger partial charge in [0.2, 0.25) is 0 Å². The number of guanidine groups is 1. The first-order valence-electron chi connectivity index (χ1n) is 9.13. The summed E-state index contributed by atoms with van der Waals surface area (Å²) in [6.45, 7) is 5.64. The molecule has 1 heterocycles. The average molecular weight is 362 g/mol. The molecule has 0 amide bonds. The fraction of sp³-hybridized carbons (Fsp3) is 0.286. The molecule has 0 fully saturated rings. The molecule has 3 rings (SSSR count). The lowest BCUT2D eigenvalue weighted by molar-refractivity contribution is 0.690. The molecule has 0 saturated heterocycles. The van der Waals surface area contributed by atoms with Gasteiger partial charge in [-0.1, -0.05) is 55.0 Å². The first-order chi connectivity index (χ1) is 13.2. The fourth-order valence-corrected chi connectivity index (χ4v) is 2.83. The minimum atomic E-state index is 0.386. The van der Waals surface area contributed by atoms with Crippen molar-refractivity contribution in [1.29, 1.82) is 0 Å². The maximum atomic E-state index is 4.31. The van der Waals surface area contributed by atoms with Crippen molar-refractivity contribution < 1.29 is 0 Å². The Kier molecular flexibility index (Phi) is 6.20. The summed E-state index contributed by atoms with van der Waals surface area (Å²) in [5.74, 6) is 1.96. The highest BCUT2D eigenvalue weighted by Gasteiger charge is 2.09. The Labute approximate surface area is 160 Å². The highest BCUT2D eigenvalue weighted by Crippen LogP contribution is 2.14. The molecule has 3 aromatic rings. The van der Waals surface area contributed by atoms with Crippen LogP contribution in [0.3, 0.4) is 0 Å². The van der Waals surface area contributed by atoms with Crippen LogP contribution in [0.15, 0.2) is 65.9 Å². The molecule has 1 aromatic heterocycles. The van der Waals surface area contributed by atoms with Crippen molar-refractivity contribution in [3.05, 3.63) is 77.9 Å². The molecule has 0 bridgehead atoms. The van der Waals surface area contributed by atoms with E-state index in [2.05, 4.69) is 63.9 Å². The molecule has 0 spiro atoms. The van der Waals surface area contributed by atoms with Crippen LogP contribution in [0.25, 0.3) is 5.69 Å². The number of hydrogen-bond acceptors (Lipinski definition) is 3. The second kappa shape index (κ2) is 8.98. The van der Waals surface area contributed by atoms with Gasteiger partial charge in [-0.25, -0.2) is 0 Å². The smallest absolute Gasteiger partial charge is 0.191 e. The van der Waals surface area contributed by atoms with E-state index in [9.17, 15) is 0 Å². The van der Waals surface area contributed by atoms with E-state index in [4.69, 9.17) is 0 Å². The van der Waals surface area contributed by atoms with Gasteiger partial charge in [-0.2, -0.15) is 0 Å². The maximum Gasteiger partial charge on any atom is 0.191 e. The number of aryl methyl sites for hydroxylation is 1. The van der Waals surface area contributed by atoms with Crippen molar-refractivity contribution in [2.75, 3.05) is 13.6 Å². The standard InChI is InChI=1S/C21H26N6/c1-16-9-11-18(12-10-16)17(2)13-23-21(22-3)24-14-20-26-25-15-27(20)19-7-5-4-6-8-19/h4-12,15,17H,13-14H2,1-3H3,(H2,22,23,24). The highest BCUT2D eigenvalue weighted by molar-refractivity contribution is 5.79. The second-order valence-corrected chi connectivity index (χ2v) is 6.57. The summed E-state index contributed by atoms with van der Waals surface area (Å²) in [5, 5.41) is 15.0. The van der Waals surface area contributed by atoms with Gasteiger partial charge < -0.3 is 10.6 Å². The van der Waals surface area contributed by atoms with E-state index in [-0.39, 0.29) is 0 Å². The SMILES string of the molecule is CN=C(NCc1nncn1-c1ccccc1)NCC(C)c1ccc(C)cc1. The normalized spacial score (nSPS) is 12.6. The minimum absolute atomic E-state index is 0.386. The quantitative estimate of drug-likeness (QED) is 0.522. The first-order valence-corrected chi connectivity index (χ1v) is 9.13. The van der Waals surface area contributed by atoms with E-state index < -0.39 is 0 Å².